The van der Waals surface area contributed by atoms with Crippen LogP contribution in [0.2, 0.25) is 0 Å². The number of fused-ring (bicyclic) bond motifs is 1. The summed E-state index contributed by atoms with van der Waals surface area (Å²) in [6.07, 6.45) is 3.62. The first-order valence-corrected chi connectivity index (χ1v) is 5.13. The Balaban J connectivity index is 2.54. The largest absolute Gasteiger partial charge is 0.496 e. The van der Waals surface area contributed by atoms with Gasteiger partial charge in [0.05, 0.1) is 7.11 Å². The fourth-order valence-electron chi connectivity index (χ4n) is 2.05. The summed E-state index contributed by atoms with van der Waals surface area (Å²) in [7, 11) is 1.64. The molecule has 0 atom stereocenters. The second-order valence-corrected chi connectivity index (χ2v) is 3.63. The maximum atomic E-state index is 12.0. The van der Waals surface area contributed by atoms with Gasteiger partial charge in [-0.25, -0.2) is 0 Å². The van der Waals surface area contributed by atoms with Gasteiger partial charge in [0, 0.05) is 11.1 Å². The standard InChI is InChI=1S/C13H14O2/c1-3-9-7-8-10-11(13(9)14)5-4-6-12(10)15-2/h3-6H,7-8H2,1-2H3. The van der Waals surface area contributed by atoms with Crippen LogP contribution in [-0.2, 0) is 6.42 Å². The zero-order valence-corrected chi connectivity index (χ0v) is 9.04. The summed E-state index contributed by atoms with van der Waals surface area (Å²) >= 11 is 0. The molecular weight excluding hydrogens is 188 g/mol. The second-order valence-electron chi connectivity index (χ2n) is 3.63. The van der Waals surface area contributed by atoms with Crippen molar-refractivity contribution in [1.82, 2.24) is 0 Å². The third-order valence-electron chi connectivity index (χ3n) is 2.88. The molecule has 0 spiro atoms. The molecule has 1 aromatic carbocycles. The lowest BCUT2D eigenvalue weighted by atomic mass is 9.86. The van der Waals surface area contributed by atoms with Gasteiger partial charge in [-0.3, -0.25) is 4.79 Å². The Kier molecular flexibility index (Phi) is 2.58. The highest BCUT2D eigenvalue weighted by Gasteiger charge is 2.23. The molecular formula is C13H14O2. The monoisotopic (exact) mass is 202 g/mol. The summed E-state index contributed by atoms with van der Waals surface area (Å²) in [5.74, 6) is 0.980. The van der Waals surface area contributed by atoms with Gasteiger partial charge in [-0.2, -0.15) is 0 Å². The van der Waals surface area contributed by atoms with Crippen molar-refractivity contribution in [3.05, 3.63) is 41.0 Å². The summed E-state index contributed by atoms with van der Waals surface area (Å²) in [5, 5.41) is 0. The van der Waals surface area contributed by atoms with Crippen LogP contribution in [0.4, 0.5) is 0 Å². The van der Waals surface area contributed by atoms with Crippen LogP contribution in [0.15, 0.2) is 29.8 Å². The Morgan fingerprint density at radius 3 is 2.80 bits per heavy atom. The molecule has 0 fully saturated rings. The lowest BCUT2D eigenvalue weighted by Gasteiger charge is -2.19. The fourth-order valence-corrected chi connectivity index (χ4v) is 2.05. The number of carbonyl (C=O) groups excluding carboxylic acids is 1. The van der Waals surface area contributed by atoms with Crippen molar-refractivity contribution in [2.24, 2.45) is 0 Å². The molecule has 0 radical (unpaired) electrons. The molecule has 0 aliphatic heterocycles. The minimum atomic E-state index is 0.151. The Bertz CT molecular complexity index is 430. The molecule has 0 saturated carbocycles. The van der Waals surface area contributed by atoms with Crippen LogP contribution in [0, 0.1) is 0 Å². The molecule has 0 aromatic heterocycles. The Morgan fingerprint density at radius 1 is 1.33 bits per heavy atom. The van der Waals surface area contributed by atoms with Crippen LogP contribution in [0.3, 0.4) is 0 Å². The number of rotatable bonds is 1. The van der Waals surface area contributed by atoms with E-state index in [1.165, 1.54) is 0 Å². The molecule has 0 N–H and O–H groups in total. The highest BCUT2D eigenvalue weighted by molar-refractivity contribution is 6.11. The van der Waals surface area contributed by atoms with Gasteiger partial charge in [-0.15, -0.1) is 0 Å². The van der Waals surface area contributed by atoms with Crippen molar-refractivity contribution < 1.29 is 9.53 Å². The SMILES string of the molecule is CC=C1CCc2c(OC)cccc2C1=O. The van der Waals surface area contributed by atoms with Crippen molar-refractivity contribution in [2.75, 3.05) is 7.11 Å². The molecule has 2 rings (SSSR count). The minimum absolute atomic E-state index is 0.151. The van der Waals surface area contributed by atoms with Gasteiger partial charge in [0.25, 0.3) is 0 Å². The number of hydrogen-bond donors (Lipinski definition) is 0. The van der Waals surface area contributed by atoms with Crippen LogP contribution in [0.5, 0.6) is 5.75 Å². The number of ether oxygens (including phenoxy) is 1. The number of Topliss-reactive ketones (excluding diaryl/α,β-unsaturated/α-hetero) is 1. The van der Waals surface area contributed by atoms with Crippen LogP contribution >= 0.6 is 0 Å². The molecule has 2 nitrogen and oxygen atoms in total. The lowest BCUT2D eigenvalue weighted by Crippen LogP contribution is -2.14. The highest BCUT2D eigenvalue weighted by atomic mass is 16.5. The number of hydrogen-bond acceptors (Lipinski definition) is 2. The molecule has 0 unspecified atom stereocenters. The number of methoxy groups -OCH3 is 1. The quantitative estimate of drug-likeness (QED) is 0.654. The van der Waals surface area contributed by atoms with Crippen molar-refractivity contribution >= 4 is 5.78 Å². The molecule has 78 valence electrons. The van der Waals surface area contributed by atoms with Gasteiger partial charge in [0.2, 0.25) is 0 Å². The van der Waals surface area contributed by atoms with Crippen LogP contribution in [-0.4, -0.2) is 12.9 Å². The molecule has 1 aromatic rings. The Morgan fingerprint density at radius 2 is 2.13 bits per heavy atom. The normalized spacial score (nSPS) is 17.7. The molecule has 0 heterocycles. The highest BCUT2D eigenvalue weighted by Crippen LogP contribution is 2.31. The first kappa shape index (κ1) is 9.97. The van der Waals surface area contributed by atoms with E-state index in [1.807, 2.05) is 31.2 Å². The van der Waals surface area contributed by atoms with E-state index in [9.17, 15) is 4.79 Å². The first-order valence-electron chi connectivity index (χ1n) is 5.13. The van der Waals surface area contributed by atoms with E-state index in [0.29, 0.717) is 0 Å². The fraction of sp³-hybridized carbons (Fsp3) is 0.308. The van der Waals surface area contributed by atoms with Gasteiger partial charge in [0.1, 0.15) is 5.75 Å². The smallest absolute Gasteiger partial charge is 0.189 e. The molecule has 0 bridgehead atoms. The summed E-state index contributed by atoms with van der Waals surface area (Å²) < 4.78 is 5.26. The van der Waals surface area contributed by atoms with Gasteiger partial charge in [-0.1, -0.05) is 18.2 Å². The molecule has 2 heteroatoms. The van der Waals surface area contributed by atoms with E-state index in [-0.39, 0.29) is 5.78 Å². The van der Waals surface area contributed by atoms with E-state index in [2.05, 4.69) is 0 Å². The molecule has 0 saturated heterocycles. The average molecular weight is 202 g/mol. The number of ketones is 1. The van der Waals surface area contributed by atoms with Gasteiger partial charge in [-0.05, 0) is 31.4 Å². The third kappa shape index (κ3) is 1.56. The van der Waals surface area contributed by atoms with Crippen molar-refractivity contribution in [1.29, 1.82) is 0 Å². The number of carbonyl (C=O) groups is 1. The average Bonchev–Trinajstić information content (AvgIpc) is 2.29. The Labute approximate surface area is 89.6 Å². The summed E-state index contributed by atoms with van der Waals surface area (Å²) in [5.41, 5.74) is 2.76. The van der Waals surface area contributed by atoms with Crippen molar-refractivity contribution in [3.63, 3.8) is 0 Å². The van der Waals surface area contributed by atoms with Crippen LogP contribution in [0.1, 0.15) is 29.3 Å². The molecule has 1 aliphatic rings. The number of benzene rings is 1. The number of allylic oxidation sites excluding steroid dienone is 2. The van der Waals surface area contributed by atoms with Crippen molar-refractivity contribution in [2.45, 2.75) is 19.8 Å². The predicted molar refractivity (Wildman–Crippen MR) is 59.4 cm³/mol. The van der Waals surface area contributed by atoms with Crippen LogP contribution in [0.25, 0.3) is 0 Å². The van der Waals surface area contributed by atoms with E-state index in [1.54, 1.807) is 7.11 Å². The topological polar surface area (TPSA) is 26.3 Å². The van der Waals surface area contributed by atoms with Crippen molar-refractivity contribution in [3.8, 4) is 5.75 Å². The van der Waals surface area contributed by atoms with E-state index < -0.39 is 0 Å². The first-order chi connectivity index (χ1) is 7.27. The van der Waals surface area contributed by atoms with E-state index in [0.717, 1.165) is 35.3 Å². The maximum Gasteiger partial charge on any atom is 0.189 e. The second kappa shape index (κ2) is 3.89. The van der Waals surface area contributed by atoms with E-state index >= 15 is 0 Å². The maximum absolute atomic E-state index is 12.0. The molecule has 1 aliphatic carbocycles. The zero-order chi connectivity index (χ0) is 10.8. The Hall–Kier alpha value is -1.57. The molecule has 15 heavy (non-hydrogen) atoms. The van der Waals surface area contributed by atoms with E-state index in [4.69, 9.17) is 4.74 Å². The minimum Gasteiger partial charge on any atom is -0.496 e. The van der Waals surface area contributed by atoms with Gasteiger partial charge < -0.3 is 4.74 Å². The zero-order valence-electron chi connectivity index (χ0n) is 9.04. The lowest BCUT2D eigenvalue weighted by molar-refractivity contribution is 0.102. The predicted octanol–water partition coefficient (Wildman–Crippen LogP) is 2.77. The molecule has 0 amide bonds. The van der Waals surface area contributed by atoms with Gasteiger partial charge in [0.15, 0.2) is 5.78 Å². The van der Waals surface area contributed by atoms with Crippen LogP contribution < -0.4 is 4.74 Å². The summed E-state index contributed by atoms with van der Waals surface area (Å²) in [6, 6.07) is 5.66. The summed E-state index contributed by atoms with van der Waals surface area (Å²) in [6.45, 7) is 1.92. The third-order valence-corrected chi connectivity index (χ3v) is 2.88. The van der Waals surface area contributed by atoms with Gasteiger partial charge >= 0.3 is 0 Å². The summed E-state index contributed by atoms with van der Waals surface area (Å²) in [4.78, 5) is 12.0.